The van der Waals surface area contributed by atoms with Gasteiger partial charge in [0.1, 0.15) is 5.75 Å². The number of halogens is 3. The van der Waals surface area contributed by atoms with Gasteiger partial charge >= 0.3 is 0 Å². The van der Waals surface area contributed by atoms with Crippen LogP contribution in [0.15, 0.2) is 34.8 Å². The van der Waals surface area contributed by atoms with E-state index in [-0.39, 0.29) is 0 Å². The fourth-order valence-corrected chi connectivity index (χ4v) is 2.49. The van der Waals surface area contributed by atoms with E-state index >= 15 is 0 Å². The van der Waals surface area contributed by atoms with Crippen LogP contribution in [0.1, 0.15) is 6.92 Å². The maximum absolute atomic E-state index is 6.20. The van der Waals surface area contributed by atoms with Gasteiger partial charge in [-0.15, -0.1) is 0 Å². The Morgan fingerprint density at radius 1 is 1.20 bits per heavy atom. The number of nitrogens with one attached hydrogen (secondary N) is 1. The van der Waals surface area contributed by atoms with E-state index in [9.17, 15) is 0 Å². The molecule has 0 spiro atoms. The second-order valence-corrected chi connectivity index (χ2v) is 5.64. The Kier molecular flexibility index (Phi) is 5.02. The first-order valence-electron chi connectivity index (χ1n) is 5.95. The molecule has 2 aromatic carbocycles. The molecule has 0 amide bonds. The van der Waals surface area contributed by atoms with Crippen molar-refractivity contribution in [2.24, 2.45) is 0 Å². The molecule has 0 radical (unpaired) electrons. The van der Waals surface area contributed by atoms with Gasteiger partial charge in [-0.3, -0.25) is 0 Å². The molecule has 0 aliphatic rings. The van der Waals surface area contributed by atoms with E-state index in [0.29, 0.717) is 33.8 Å². The third-order valence-electron chi connectivity index (χ3n) is 2.63. The molecular weight excluding hydrogens is 363 g/mol. The first kappa shape index (κ1) is 15.3. The predicted octanol–water partition coefficient (Wildman–Crippen LogP) is 5.48. The molecule has 3 N–H and O–H groups in total. The van der Waals surface area contributed by atoms with Gasteiger partial charge in [-0.05, 0) is 47.1 Å². The summed E-state index contributed by atoms with van der Waals surface area (Å²) in [7, 11) is 0. The molecule has 20 heavy (non-hydrogen) atoms. The lowest BCUT2D eigenvalue weighted by Gasteiger charge is -2.13. The fraction of sp³-hybridized carbons (Fsp3) is 0.143. The van der Waals surface area contributed by atoms with Crippen molar-refractivity contribution in [2.45, 2.75) is 6.92 Å². The summed E-state index contributed by atoms with van der Waals surface area (Å²) >= 11 is 15.6. The zero-order chi connectivity index (χ0) is 14.7. The molecular formula is C14H13BrCl2N2O. The Morgan fingerprint density at radius 3 is 2.65 bits per heavy atom. The molecule has 0 aromatic heterocycles. The minimum Gasteiger partial charge on any atom is -0.492 e. The highest BCUT2D eigenvalue weighted by Crippen LogP contribution is 2.37. The quantitative estimate of drug-likeness (QED) is 0.549. The van der Waals surface area contributed by atoms with Crippen LogP contribution in [0.2, 0.25) is 10.0 Å². The minimum absolute atomic E-state index is 0.454. The lowest BCUT2D eigenvalue weighted by atomic mass is 10.2. The Balaban J connectivity index is 2.31. The summed E-state index contributed by atoms with van der Waals surface area (Å²) in [5.74, 6) is 0.636. The maximum Gasteiger partial charge on any atom is 0.144 e. The SMILES string of the molecule is CCOc1cc(Nc2ccc(Br)c(Cl)c2Cl)ccc1N. The molecule has 0 atom stereocenters. The monoisotopic (exact) mass is 374 g/mol. The Morgan fingerprint density at radius 2 is 1.95 bits per heavy atom. The van der Waals surface area contributed by atoms with Crippen molar-refractivity contribution in [3.8, 4) is 5.75 Å². The number of anilines is 3. The number of ether oxygens (including phenoxy) is 1. The van der Waals surface area contributed by atoms with Crippen molar-refractivity contribution in [3.63, 3.8) is 0 Å². The van der Waals surface area contributed by atoms with Crippen LogP contribution in [-0.2, 0) is 0 Å². The molecule has 106 valence electrons. The van der Waals surface area contributed by atoms with Crippen LogP contribution in [0, 0.1) is 0 Å². The molecule has 2 aromatic rings. The summed E-state index contributed by atoms with van der Waals surface area (Å²) in [5, 5.41) is 4.12. The average Bonchev–Trinajstić information content (AvgIpc) is 2.43. The first-order valence-corrected chi connectivity index (χ1v) is 7.50. The topological polar surface area (TPSA) is 47.3 Å². The molecule has 0 aliphatic heterocycles. The normalized spacial score (nSPS) is 10.4. The molecule has 0 bridgehead atoms. The Hall–Kier alpha value is -1.10. The Bertz CT molecular complexity index is 635. The van der Waals surface area contributed by atoms with E-state index in [4.69, 9.17) is 33.7 Å². The molecule has 0 aliphatic carbocycles. The molecule has 0 unspecified atom stereocenters. The number of nitrogen functional groups attached to an aromatic ring is 1. The van der Waals surface area contributed by atoms with Crippen molar-refractivity contribution in [1.29, 1.82) is 0 Å². The van der Waals surface area contributed by atoms with Crippen LogP contribution in [0.3, 0.4) is 0 Å². The van der Waals surface area contributed by atoms with Crippen LogP contribution in [0.5, 0.6) is 5.75 Å². The summed E-state index contributed by atoms with van der Waals surface area (Å²) in [5.41, 5.74) is 7.97. The standard InChI is InChI=1S/C14H13BrCl2N2O/c1-2-20-12-7-8(3-5-10(12)18)19-11-6-4-9(15)13(16)14(11)17/h3-7,19H,2,18H2,1H3. The molecule has 0 saturated heterocycles. The number of hydrogen-bond donors (Lipinski definition) is 2. The summed E-state index contributed by atoms with van der Waals surface area (Å²) in [6, 6.07) is 9.13. The van der Waals surface area contributed by atoms with Crippen molar-refractivity contribution < 1.29 is 4.74 Å². The van der Waals surface area contributed by atoms with Crippen LogP contribution >= 0.6 is 39.1 Å². The van der Waals surface area contributed by atoms with E-state index in [1.165, 1.54) is 0 Å². The van der Waals surface area contributed by atoms with E-state index in [1.807, 2.05) is 31.2 Å². The first-order chi connectivity index (χ1) is 9.52. The highest BCUT2D eigenvalue weighted by atomic mass is 79.9. The van der Waals surface area contributed by atoms with Gasteiger partial charge in [0.05, 0.1) is 28.0 Å². The molecule has 0 fully saturated rings. The summed E-state index contributed by atoms with van der Waals surface area (Å²) in [6.07, 6.45) is 0. The van der Waals surface area contributed by atoms with Gasteiger partial charge in [0, 0.05) is 16.2 Å². The van der Waals surface area contributed by atoms with E-state index in [0.717, 1.165) is 10.2 Å². The highest BCUT2D eigenvalue weighted by molar-refractivity contribution is 9.10. The van der Waals surface area contributed by atoms with Crippen LogP contribution in [0.4, 0.5) is 17.1 Å². The van der Waals surface area contributed by atoms with Gasteiger partial charge in [0.25, 0.3) is 0 Å². The molecule has 6 heteroatoms. The zero-order valence-corrected chi connectivity index (χ0v) is 13.8. The van der Waals surface area contributed by atoms with Crippen LogP contribution < -0.4 is 15.8 Å². The maximum atomic E-state index is 6.20. The average molecular weight is 376 g/mol. The fourth-order valence-electron chi connectivity index (χ4n) is 1.67. The lowest BCUT2D eigenvalue weighted by Crippen LogP contribution is -1.98. The smallest absolute Gasteiger partial charge is 0.144 e. The minimum atomic E-state index is 0.454. The van der Waals surface area contributed by atoms with Gasteiger partial charge in [-0.1, -0.05) is 23.2 Å². The van der Waals surface area contributed by atoms with Gasteiger partial charge in [-0.2, -0.15) is 0 Å². The van der Waals surface area contributed by atoms with Crippen molar-refractivity contribution in [1.82, 2.24) is 0 Å². The van der Waals surface area contributed by atoms with Crippen molar-refractivity contribution >= 4 is 56.2 Å². The van der Waals surface area contributed by atoms with Crippen LogP contribution in [0.25, 0.3) is 0 Å². The molecule has 2 rings (SSSR count). The van der Waals surface area contributed by atoms with Gasteiger partial charge in [0.15, 0.2) is 0 Å². The lowest BCUT2D eigenvalue weighted by molar-refractivity contribution is 0.342. The largest absolute Gasteiger partial charge is 0.492 e. The highest BCUT2D eigenvalue weighted by Gasteiger charge is 2.09. The van der Waals surface area contributed by atoms with Gasteiger partial charge < -0.3 is 15.8 Å². The summed E-state index contributed by atoms with van der Waals surface area (Å²) < 4.78 is 6.21. The second kappa shape index (κ2) is 6.57. The summed E-state index contributed by atoms with van der Waals surface area (Å²) in [4.78, 5) is 0. The van der Waals surface area contributed by atoms with E-state index in [2.05, 4.69) is 21.2 Å². The number of rotatable bonds is 4. The second-order valence-electron chi connectivity index (χ2n) is 4.03. The summed E-state index contributed by atoms with van der Waals surface area (Å²) in [6.45, 7) is 2.46. The van der Waals surface area contributed by atoms with Crippen LogP contribution in [-0.4, -0.2) is 6.61 Å². The Labute approximate surface area is 136 Å². The molecule has 0 heterocycles. The number of hydrogen-bond acceptors (Lipinski definition) is 3. The van der Waals surface area contributed by atoms with Gasteiger partial charge in [-0.25, -0.2) is 0 Å². The van der Waals surface area contributed by atoms with Crippen molar-refractivity contribution in [3.05, 3.63) is 44.8 Å². The molecule has 0 saturated carbocycles. The van der Waals surface area contributed by atoms with Crippen molar-refractivity contribution in [2.75, 3.05) is 17.7 Å². The van der Waals surface area contributed by atoms with Gasteiger partial charge in [0.2, 0.25) is 0 Å². The number of nitrogens with two attached hydrogens (primary N) is 1. The third-order valence-corrected chi connectivity index (χ3v) is 4.40. The number of benzene rings is 2. The zero-order valence-electron chi connectivity index (χ0n) is 10.7. The van der Waals surface area contributed by atoms with E-state index < -0.39 is 0 Å². The third kappa shape index (κ3) is 3.32. The predicted molar refractivity (Wildman–Crippen MR) is 89.5 cm³/mol. The molecule has 3 nitrogen and oxygen atoms in total. The van der Waals surface area contributed by atoms with E-state index in [1.54, 1.807) is 6.07 Å².